The Labute approximate surface area is 160 Å². The molecule has 0 atom stereocenters. The van der Waals surface area contributed by atoms with Crippen molar-refractivity contribution in [1.82, 2.24) is 0 Å². The summed E-state index contributed by atoms with van der Waals surface area (Å²) >= 11 is 0. The third-order valence-corrected chi connectivity index (χ3v) is 5.34. The maximum atomic E-state index is 12.6. The first kappa shape index (κ1) is 20.5. The van der Waals surface area contributed by atoms with E-state index < -0.39 is 15.9 Å². The molecule has 1 amide bonds. The van der Waals surface area contributed by atoms with E-state index in [0.717, 1.165) is 21.7 Å². The van der Waals surface area contributed by atoms with Gasteiger partial charge in [0.1, 0.15) is 12.6 Å². The molecule has 0 aromatic heterocycles. The van der Waals surface area contributed by atoms with Gasteiger partial charge in [0.2, 0.25) is 15.9 Å². The van der Waals surface area contributed by atoms with Gasteiger partial charge >= 0.3 is 0 Å². The number of rotatable bonds is 7. The van der Waals surface area contributed by atoms with Gasteiger partial charge in [-0.3, -0.25) is 9.10 Å². The third kappa shape index (κ3) is 4.86. The predicted molar refractivity (Wildman–Crippen MR) is 107 cm³/mol. The number of hydrogen-bond donors (Lipinski definition) is 1. The number of sulfonamides is 1. The fourth-order valence-corrected chi connectivity index (χ4v) is 3.83. The van der Waals surface area contributed by atoms with Crippen molar-refractivity contribution in [3.63, 3.8) is 0 Å². The van der Waals surface area contributed by atoms with Crippen molar-refractivity contribution in [2.24, 2.45) is 0 Å². The van der Waals surface area contributed by atoms with Crippen molar-refractivity contribution in [3.8, 4) is 6.07 Å². The van der Waals surface area contributed by atoms with Crippen LogP contribution in [0.2, 0.25) is 0 Å². The van der Waals surface area contributed by atoms with Crippen LogP contribution in [0.1, 0.15) is 30.5 Å². The van der Waals surface area contributed by atoms with E-state index in [1.807, 2.05) is 38.1 Å². The van der Waals surface area contributed by atoms with Gasteiger partial charge in [0.05, 0.1) is 23.2 Å². The second kappa shape index (κ2) is 8.69. The van der Waals surface area contributed by atoms with E-state index in [9.17, 15) is 13.2 Å². The smallest absolute Gasteiger partial charge is 0.245 e. The summed E-state index contributed by atoms with van der Waals surface area (Å²) in [6.07, 6.45) is 2.39. The van der Waals surface area contributed by atoms with Crippen molar-refractivity contribution < 1.29 is 13.2 Å². The van der Waals surface area contributed by atoms with E-state index in [1.165, 1.54) is 0 Å². The second-order valence-corrected chi connectivity index (χ2v) is 8.01. The minimum atomic E-state index is -3.68. The largest absolute Gasteiger partial charge is 0.323 e. The van der Waals surface area contributed by atoms with Crippen LogP contribution in [-0.4, -0.2) is 27.1 Å². The summed E-state index contributed by atoms with van der Waals surface area (Å²) in [7, 11) is -3.68. The molecule has 0 aliphatic carbocycles. The number of nitrogens with zero attached hydrogens (tertiary/aromatic N) is 2. The average Bonchev–Trinajstić information content (AvgIpc) is 2.65. The molecule has 0 aliphatic heterocycles. The quantitative estimate of drug-likeness (QED) is 0.793. The molecule has 2 rings (SSSR count). The summed E-state index contributed by atoms with van der Waals surface area (Å²) in [6, 6.07) is 14.2. The Morgan fingerprint density at radius 2 is 1.67 bits per heavy atom. The standard InChI is InChI=1S/C20H23N3O3S/c1-4-15-10-8-11-16(5-2)20(15)23(27(3,25)26)14-19(24)22-18-12-7-6-9-17(18)13-21/h6-12H,4-5,14H2,1-3H3,(H,22,24). The molecule has 6 nitrogen and oxygen atoms in total. The first-order valence-corrected chi connectivity index (χ1v) is 10.5. The number of nitriles is 1. The number of para-hydroxylation sites is 2. The van der Waals surface area contributed by atoms with Gasteiger partial charge in [-0.1, -0.05) is 44.2 Å². The van der Waals surface area contributed by atoms with Crippen LogP contribution in [0, 0.1) is 11.3 Å². The molecule has 0 saturated carbocycles. The SMILES string of the molecule is CCc1cccc(CC)c1N(CC(=O)Nc1ccccc1C#N)S(C)(=O)=O. The number of aryl methyl sites for hydroxylation is 2. The van der Waals surface area contributed by atoms with Crippen molar-refractivity contribution in [3.05, 3.63) is 59.2 Å². The lowest BCUT2D eigenvalue weighted by molar-refractivity contribution is -0.114. The summed E-state index contributed by atoms with van der Waals surface area (Å²) in [5.74, 6) is -0.504. The monoisotopic (exact) mass is 385 g/mol. The highest BCUT2D eigenvalue weighted by atomic mass is 32.2. The minimum Gasteiger partial charge on any atom is -0.323 e. The molecule has 0 saturated heterocycles. The molecule has 0 aliphatic rings. The lowest BCUT2D eigenvalue weighted by Gasteiger charge is -2.26. The Bertz CT molecular complexity index is 956. The molecule has 142 valence electrons. The maximum Gasteiger partial charge on any atom is 0.245 e. The van der Waals surface area contributed by atoms with E-state index in [-0.39, 0.29) is 6.54 Å². The van der Waals surface area contributed by atoms with Crippen molar-refractivity contribution >= 4 is 27.3 Å². The van der Waals surface area contributed by atoms with Crippen LogP contribution >= 0.6 is 0 Å². The lowest BCUT2D eigenvalue weighted by Crippen LogP contribution is -2.38. The second-order valence-electron chi connectivity index (χ2n) is 6.11. The third-order valence-electron chi connectivity index (χ3n) is 4.22. The highest BCUT2D eigenvalue weighted by Crippen LogP contribution is 2.29. The average molecular weight is 385 g/mol. The van der Waals surface area contributed by atoms with Crippen LogP contribution in [0.5, 0.6) is 0 Å². The molecule has 2 aromatic carbocycles. The van der Waals surface area contributed by atoms with Crippen LogP contribution in [0.25, 0.3) is 0 Å². The highest BCUT2D eigenvalue weighted by Gasteiger charge is 2.25. The van der Waals surface area contributed by atoms with Crippen LogP contribution in [0.4, 0.5) is 11.4 Å². The molecule has 0 bridgehead atoms. The summed E-state index contributed by atoms with van der Waals surface area (Å²) in [4.78, 5) is 12.6. The van der Waals surface area contributed by atoms with Gasteiger partial charge in [0, 0.05) is 0 Å². The summed E-state index contributed by atoms with van der Waals surface area (Å²) < 4.78 is 26.1. The number of carbonyl (C=O) groups is 1. The highest BCUT2D eigenvalue weighted by molar-refractivity contribution is 7.92. The first-order valence-electron chi connectivity index (χ1n) is 8.69. The number of anilines is 2. The zero-order valence-electron chi connectivity index (χ0n) is 15.7. The van der Waals surface area contributed by atoms with Gasteiger partial charge in [0.15, 0.2) is 0 Å². The number of amides is 1. The van der Waals surface area contributed by atoms with Gasteiger partial charge in [-0.2, -0.15) is 5.26 Å². The Hall–Kier alpha value is -2.85. The fourth-order valence-electron chi connectivity index (χ4n) is 2.91. The van der Waals surface area contributed by atoms with Crippen molar-refractivity contribution in [2.45, 2.75) is 26.7 Å². The number of nitrogens with one attached hydrogen (secondary N) is 1. The van der Waals surface area contributed by atoms with Gasteiger partial charge < -0.3 is 5.32 Å². The fraction of sp³-hybridized carbons (Fsp3) is 0.300. The zero-order valence-corrected chi connectivity index (χ0v) is 16.5. The molecule has 7 heteroatoms. The summed E-state index contributed by atoms with van der Waals surface area (Å²) in [5.41, 5.74) is 2.97. The van der Waals surface area contributed by atoms with E-state index in [2.05, 4.69) is 5.32 Å². The van der Waals surface area contributed by atoms with Gasteiger partial charge in [-0.15, -0.1) is 0 Å². The van der Waals surface area contributed by atoms with Crippen LogP contribution in [0.3, 0.4) is 0 Å². The Balaban J connectivity index is 2.40. The summed E-state index contributed by atoms with van der Waals surface area (Å²) in [6.45, 7) is 3.53. The molecule has 27 heavy (non-hydrogen) atoms. The molecular formula is C20H23N3O3S. The Kier molecular flexibility index (Phi) is 6.59. The zero-order chi connectivity index (χ0) is 20.0. The summed E-state index contributed by atoms with van der Waals surface area (Å²) in [5, 5.41) is 11.8. The maximum absolute atomic E-state index is 12.6. The van der Waals surface area contributed by atoms with Gasteiger partial charge in [-0.25, -0.2) is 8.42 Å². The topological polar surface area (TPSA) is 90.3 Å². The van der Waals surface area contributed by atoms with Crippen LogP contribution in [-0.2, 0) is 27.7 Å². The number of hydrogen-bond acceptors (Lipinski definition) is 4. The van der Waals surface area contributed by atoms with Gasteiger partial charge in [0.25, 0.3) is 0 Å². The Morgan fingerprint density at radius 3 is 2.19 bits per heavy atom. The Morgan fingerprint density at radius 1 is 1.07 bits per heavy atom. The van der Waals surface area contributed by atoms with Crippen LogP contribution < -0.4 is 9.62 Å². The predicted octanol–water partition coefficient (Wildman–Crippen LogP) is 3.09. The van der Waals surface area contributed by atoms with Gasteiger partial charge in [-0.05, 0) is 36.1 Å². The molecular weight excluding hydrogens is 362 g/mol. The molecule has 0 fully saturated rings. The lowest BCUT2D eigenvalue weighted by atomic mass is 10.0. The molecule has 2 aromatic rings. The first-order chi connectivity index (χ1) is 12.8. The molecule has 0 radical (unpaired) electrons. The minimum absolute atomic E-state index is 0.319. The van der Waals surface area contributed by atoms with Crippen molar-refractivity contribution in [1.29, 1.82) is 5.26 Å². The van der Waals surface area contributed by atoms with E-state index in [1.54, 1.807) is 24.3 Å². The molecule has 0 spiro atoms. The molecule has 0 heterocycles. The van der Waals surface area contributed by atoms with Crippen molar-refractivity contribution in [2.75, 3.05) is 22.4 Å². The number of carbonyl (C=O) groups excluding carboxylic acids is 1. The van der Waals surface area contributed by atoms with E-state index in [0.29, 0.717) is 29.8 Å². The van der Waals surface area contributed by atoms with E-state index >= 15 is 0 Å². The van der Waals surface area contributed by atoms with Crippen LogP contribution in [0.15, 0.2) is 42.5 Å². The van der Waals surface area contributed by atoms with E-state index in [4.69, 9.17) is 5.26 Å². The molecule has 0 unspecified atom stereocenters. The normalized spacial score (nSPS) is 10.9. The number of benzene rings is 2. The molecule has 1 N–H and O–H groups in total.